The van der Waals surface area contributed by atoms with Crippen LogP contribution in [0.1, 0.15) is 31.7 Å². The number of nitrogens with zero attached hydrogens (tertiary/aromatic N) is 2. The number of aromatic nitrogens is 3. The second-order valence-corrected chi connectivity index (χ2v) is 6.19. The van der Waals surface area contributed by atoms with E-state index in [9.17, 15) is 9.59 Å². The Hall–Kier alpha value is -2.09. The average Bonchev–Trinajstić information content (AvgIpc) is 2.83. The lowest BCUT2D eigenvalue weighted by atomic mass is 10.2. The number of carbonyl (C=O) groups excluding carboxylic acids is 1. The Kier molecular flexibility index (Phi) is 5.37. The first-order valence-electron chi connectivity index (χ1n) is 6.99. The summed E-state index contributed by atoms with van der Waals surface area (Å²) >= 11 is 1.19. The van der Waals surface area contributed by atoms with Crippen molar-refractivity contribution < 1.29 is 9.32 Å². The molecule has 0 saturated heterocycles. The van der Waals surface area contributed by atoms with Crippen LogP contribution in [-0.4, -0.2) is 26.3 Å². The molecule has 0 radical (unpaired) electrons. The Labute approximate surface area is 131 Å². The van der Waals surface area contributed by atoms with Crippen molar-refractivity contribution in [2.24, 2.45) is 0 Å². The van der Waals surface area contributed by atoms with E-state index in [1.54, 1.807) is 19.9 Å². The molecule has 2 rings (SSSR count). The molecule has 0 aromatic carbocycles. The Morgan fingerprint density at radius 1 is 1.50 bits per heavy atom. The van der Waals surface area contributed by atoms with Gasteiger partial charge in [-0.25, -0.2) is 4.98 Å². The third-order valence-corrected chi connectivity index (χ3v) is 3.80. The molecule has 1 atom stereocenters. The van der Waals surface area contributed by atoms with Crippen molar-refractivity contribution in [2.75, 3.05) is 5.32 Å². The lowest BCUT2D eigenvalue weighted by Crippen LogP contribution is -2.23. The van der Waals surface area contributed by atoms with Crippen LogP contribution in [0.4, 0.5) is 5.82 Å². The maximum Gasteiger partial charge on any atom is 0.251 e. The second kappa shape index (κ2) is 7.26. The highest BCUT2D eigenvalue weighted by Gasteiger charge is 2.17. The van der Waals surface area contributed by atoms with Crippen molar-refractivity contribution in [1.82, 2.24) is 15.1 Å². The van der Waals surface area contributed by atoms with Crippen LogP contribution in [0.2, 0.25) is 0 Å². The summed E-state index contributed by atoms with van der Waals surface area (Å²) < 4.78 is 4.89. The molecular formula is C14H18N4O3S. The van der Waals surface area contributed by atoms with Gasteiger partial charge < -0.3 is 14.8 Å². The fourth-order valence-electron chi connectivity index (χ4n) is 1.80. The van der Waals surface area contributed by atoms with Crippen LogP contribution in [0, 0.1) is 6.92 Å². The van der Waals surface area contributed by atoms with Gasteiger partial charge >= 0.3 is 0 Å². The molecule has 118 valence electrons. The number of aromatic amines is 1. The van der Waals surface area contributed by atoms with Crippen molar-refractivity contribution in [2.45, 2.75) is 44.0 Å². The van der Waals surface area contributed by atoms with E-state index < -0.39 is 5.25 Å². The van der Waals surface area contributed by atoms with Crippen molar-refractivity contribution >= 4 is 23.5 Å². The Bertz CT molecular complexity index is 710. The predicted molar refractivity (Wildman–Crippen MR) is 84.0 cm³/mol. The maximum atomic E-state index is 12.1. The van der Waals surface area contributed by atoms with Gasteiger partial charge in [0.2, 0.25) is 5.91 Å². The number of carbonyl (C=O) groups is 1. The number of rotatable bonds is 6. The molecule has 0 spiro atoms. The van der Waals surface area contributed by atoms with Crippen LogP contribution >= 0.6 is 11.8 Å². The van der Waals surface area contributed by atoms with Crippen molar-refractivity contribution in [3.63, 3.8) is 0 Å². The normalized spacial score (nSPS) is 12.1. The van der Waals surface area contributed by atoms with Gasteiger partial charge in [-0.2, -0.15) is 0 Å². The predicted octanol–water partition coefficient (Wildman–Crippen LogP) is 2.14. The van der Waals surface area contributed by atoms with E-state index in [0.29, 0.717) is 16.7 Å². The van der Waals surface area contributed by atoms with Crippen molar-refractivity contribution in [3.8, 4) is 0 Å². The van der Waals surface area contributed by atoms with E-state index in [-0.39, 0.29) is 11.5 Å². The minimum absolute atomic E-state index is 0.208. The van der Waals surface area contributed by atoms with Gasteiger partial charge in [0, 0.05) is 17.8 Å². The number of hydrogen-bond acceptors (Lipinski definition) is 6. The van der Waals surface area contributed by atoms with Gasteiger partial charge in [0.25, 0.3) is 5.56 Å². The molecule has 0 aliphatic carbocycles. The standard InChI is InChI=1S/C14H18N4O3S/c1-4-5-10-7-12(19)17-14(15-10)22-9(3)13(20)16-11-6-8(2)21-18-11/h6-7,9H,4-5H2,1-3H3,(H,15,17,19)(H,16,18,20). The highest BCUT2D eigenvalue weighted by Crippen LogP contribution is 2.20. The van der Waals surface area contributed by atoms with Crippen LogP contribution in [-0.2, 0) is 11.2 Å². The summed E-state index contributed by atoms with van der Waals surface area (Å²) in [5.74, 6) is 0.756. The molecule has 2 N–H and O–H groups in total. The van der Waals surface area contributed by atoms with Gasteiger partial charge in [0.05, 0.1) is 5.25 Å². The van der Waals surface area contributed by atoms with Crippen LogP contribution in [0.15, 0.2) is 26.6 Å². The molecule has 0 bridgehead atoms. The summed E-state index contributed by atoms with van der Waals surface area (Å²) in [4.78, 5) is 30.7. The zero-order valence-corrected chi connectivity index (χ0v) is 13.5. The number of aryl methyl sites for hydroxylation is 2. The molecule has 1 unspecified atom stereocenters. The number of amides is 1. The largest absolute Gasteiger partial charge is 0.360 e. The monoisotopic (exact) mass is 322 g/mol. The first-order valence-corrected chi connectivity index (χ1v) is 7.87. The highest BCUT2D eigenvalue weighted by atomic mass is 32.2. The fourth-order valence-corrected chi connectivity index (χ4v) is 2.63. The topological polar surface area (TPSA) is 101 Å². The van der Waals surface area contributed by atoms with E-state index in [1.165, 1.54) is 17.8 Å². The maximum absolute atomic E-state index is 12.1. The molecule has 2 aromatic rings. The highest BCUT2D eigenvalue weighted by molar-refractivity contribution is 8.00. The van der Waals surface area contributed by atoms with E-state index in [2.05, 4.69) is 20.4 Å². The van der Waals surface area contributed by atoms with Crippen molar-refractivity contribution in [3.05, 3.63) is 33.9 Å². The summed E-state index contributed by atoms with van der Waals surface area (Å²) in [5, 5.41) is 6.37. The average molecular weight is 322 g/mol. The Morgan fingerprint density at radius 2 is 2.27 bits per heavy atom. The summed E-state index contributed by atoms with van der Waals surface area (Å²) in [6.45, 7) is 5.50. The van der Waals surface area contributed by atoms with Gasteiger partial charge in [0.1, 0.15) is 5.76 Å². The summed E-state index contributed by atoms with van der Waals surface area (Å²) in [7, 11) is 0. The smallest absolute Gasteiger partial charge is 0.251 e. The Balaban J connectivity index is 2.03. The second-order valence-electron chi connectivity index (χ2n) is 4.86. The number of H-pyrrole nitrogens is 1. The minimum Gasteiger partial charge on any atom is -0.360 e. The van der Waals surface area contributed by atoms with Crippen LogP contribution < -0.4 is 10.9 Å². The van der Waals surface area contributed by atoms with Gasteiger partial charge in [-0.3, -0.25) is 9.59 Å². The molecule has 1 amide bonds. The SMILES string of the molecule is CCCc1cc(=O)[nH]c(SC(C)C(=O)Nc2cc(C)on2)n1. The Morgan fingerprint density at radius 3 is 2.91 bits per heavy atom. The van der Waals surface area contributed by atoms with Gasteiger partial charge in [-0.05, 0) is 20.3 Å². The van der Waals surface area contributed by atoms with Gasteiger partial charge in [-0.1, -0.05) is 30.3 Å². The molecule has 2 aromatic heterocycles. The third-order valence-electron chi connectivity index (χ3n) is 2.82. The minimum atomic E-state index is -0.433. The first kappa shape index (κ1) is 16.3. The fraction of sp³-hybridized carbons (Fsp3) is 0.429. The lowest BCUT2D eigenvalue weighted by Gasteiger charge is -2.10. The molecule has 22 heavy (non-hydrogen) atoms. The number of hydrogen-bond donors (Lipinski definition) is 2. The molecule has 0 aliphatic heterocycles. The summed E-state index contributed by atoms with van der Waals surface area (Å²) in [5.41, 5.74) is 0.522. The number of anilines is 1. The lowest BCUT2D eigenvalue weighted by molar-refractivity contribution is -0.115. The molecule has 0 aliphatic rings. The molecule has 0 saturated carbocycles. The quantitative estimate of drug-likeness (QED) is 0.624. The summed E-state index contributed by atoms with van der Waals surface area (Å²) in [6, 6.07) is 3.12. The van der Waals surface area contributed by atoms with E-state index >= 15 is 0 Å². The molecule has 8 heteroatoms. The van der Waals surface area contributed by atoms with E-state index in [4.69, 9.17) is 4.52 Å². The van der Waals surface area contributed by atoms with Gasteiger partial charge in [0.15, 0.2) is 11.0 Å². The molecule has 2 heterocycles. The van der Waals surface area contributed by atoms with Crippen LogP contribution in [0.25, 0.3) is 0 Å². The van der Waals surface area contributed by atoms with Crippen LogP contribution in [0.5, 0.6) is 0 Å². The third kappa shape index (κ3) is 4.45. The molecule has 0 fully saturated rings. The van der Waals surface area contributed by atoms with E-state index in [1.807, 2.05) is 6.92 Å². The van der Waals surface area contributed by atoms with Crippen molar-refractivity contribution in [1.29, 1.82) is 0 Å². The molecular weight excluding hydrogens is 304 g/mol. The number of nitrogens with one attached hydrogen (secondary N) is 2. The molecule has 7 nitrogen and oxygen atoms in total. The van der Waals surface area contributed by atoms with Gasteiger partial charge in [-0.15, -0.1) is 0 Å². The zero-order valence-electron chi connectivity index (χ0n) is 12.7. The first-order chi connectivity index (χ1) is 10.5. The zero-order chi connectivity index (χ0) is 16.1. The summed E-state index contributed by atoms with van der Waals surface area (Å²) in [6.07, 6.45) is 1.64. The number of thioether (sulfide) groups is 1. The van der Waals surface area contributed by atoms with E-state index in [0.717, 1.165) is 18.5 Å². The van der Waals surface area contributed by atoms with Crippen LogP contribution in [0.3, 0.4) is 0 Å².